The standard InChI is InChI=1S/C25H36N8O/c1-18(2)33(19(3)4)14-12-26-23-22-24(30-25(29-23)28-20-9-6-5-7-10-20)32(17-27-22)16-15-31-13-8-11-21(31)34/h5-7,9-10,17-19H,8,11-16H2,1-4H3,(H2,26,28,29,30). The molecule has 1 aliphatic rings. The summed E-state index contributed by atoms with van der Waals surface area (Å²) in [6, 6.07) is 10.8. The molecule has 0 saturated carbocycles. The molecule has 1 aromatic carbocycles. The lowest BCUT2D eigenvalue weighted by Gasteiger charge is -2.30. The van der Waals surface area contributed by atoms with Gasteiger partial charge in [0.05, 0.1) is 6.33 Å². The Morgan fingerprint density at radius 3 is 2.50 bits per heavy atom. The van der Waals surface area contributed by atoms with Gasteiger partial charge in [0.25, 0.3) is 0 Å². The van der Waals surface area contributed by atoms with Gasteiger partial charge in [-0.1, -0.05) is 18.2 Å². The van der Waals surface area contributed by atoms with Crippen LogP contribution in [0.1, 0.15) is 40.5 Å². The number of rotatable bonds is 11. The molecule has 3 aromatic rings. The number of likely N-dealkylation sites (tertiary alicyclic amines) is 1. The number of benzene rings is 1. The van der Waals surface area contributed by atoms with Crippen molar-refractivity contribution in [3.63, 3.8) is 0 Å². The minimum absolute atomic E-state index is 0.229. The summed E-state index contributed by atoms with van der Waals surface area (Å²) in [5.41, 5.74) is 2.42. The van der Waals surface area contributed by atoms with E-state index in [2.05, 4.69) is 48.2 Å². The molecule has 1 amide bonds. The quantitative estimate of drug-likeness (QED) is 0.447. The fraction of sp³-hybridized carbons (Fsp3) is 0.520. The van der Waals surface area contributed by atoms with E-state index in [4.69, 9.17) is 9.97 Å². The van der Waals surface area contributed by atoms with Crippen molar-refractivity contribution < 1.29 is 4.79 Å². The fourth-order valence-corrected chi connectivity index (χ4v) is 4.52. The van der Waals surface area contributed by atoms with E-state index < -0.39 is 0 Å². The van der Waals surface area contributed by atoms with Crippen molar-refractivity contribution in [3.05, 3.63) is 36.7 Å². The number of nitrogens with one attached hydrogen (secondary N) is 2. The lowest BCUT2D eigenvalue weighted by molar-refractivity contribution is -0.127. The van der Waals surface area contributed by atoms with Gasteiger partial charge in [-0.05, 0) is 46.2 Å². The maximum absolute atomic E-state index is 12.0. The predicted octanol–water partition coefficient (Wildman–Crippen LogP) is 3.72. The second-order valence-electron chi connectivity index (χ2n) is 9.33. The first-order valence-corrected chi connectivity index (χ1v) is 12.2. The van der Waals surface area contributed by atoms with Gasteiger partial charge in [-0.2, -0.15) is 9.97 Å². The Hall–Kier alpha value is -3.20. The number of fused-ring (bicyclic) bond motifs is 1. The van der Waals surface area contributed by atoms with Gasteiger partial charge in [-0.15, -0.1) is 0 Å². The van der Waals surface area contributed by atoms with Crippen LogP contribution in [-0.4, -0.2) is 73.5 Å². The average molecular weight is 465 g/mol. The Morgan fingerprint density at radius 2 is 1.82 bits per heavy atom. The normalized spacial score (nSPS) is 14.2. The highest BCUT2D eigenvalue weighted by molar-refractivity contribution is 5.84. The largest absolute Gasteiger partial charge is 0.367 e. The molecule has 0 spiro atoms. The van der Waals surface area contributed by atoms with Crippen molar-refractivity contribution in [1.29, 1.82) is 0 Å². The van der Waals surface area contributed by atoms with Gasteiger partial charge in [-0.25, -0.2) is 4.98 Å². The number of anilines is 3. The summed E-state index contributed by atoms with van der Waals surface area (Å²) in [6.45, 7) is 12.7. The summed E-state index contributed by atoms with van der Waals surface area (Å²) in [7, 11) is 0. The zero-order chi connectivity index (χ0) is 24.1. The highest BCUT2D eigenvalue weighted by atomic mass is 16.2. The zero-order valence-electron chi connectivity index (χ0n) is 20.7. The monoisotopic (exact) mass is 464 g/mol. The second-order valence-corrected chi connectivity index (χ2v) is 9.33. The minimum atomic E-state index is 0.229. The molecule has 0 unspecified atom stereocenters. The van der Waals surface area contributed by atoms with Crippen molar-refractivity contribution in [2.45, 2.75) is 59.2 Å². The van der Waals surface area contributed by atoms with Crippen LogP contribution >= 0.6 is 0 Å². The van der Waals surface area contributed by atoms with E-state index in [1.807, 2.05) is 39.8 Å². The van der Waals surface area contributed by atoms with Gasteiger partial charge in [0.15, 0.2) is 17.0 Å². The maximum atomic E-state index is 12.0. The molecule has 3 heterocycles. The first-order valence-electron chi connectivity index (χ1n) is 12.2. The van der Waals surface area contributed by atoms with E-state index in [-0.39, 0.29) is 5.91 Å². The molecule has 0 atom stereocenters. The Kier molecular flexibility index (Phi) is 7.62. The fourth-order valence-electron chi connectivity index (χ4n) is 4.52. The van der Waals surface area contributed by atoms with E-state index in [1.165, 1.54) is 0 Å². The first-order chi connectivity index (χ1) is 16.4. The molecule has 182 valence electrons. The Morgan fingerprint density at radius 1 is 1.06 bits per heavy atom. The summed E-state index contributed by atoms with van der Waals surface area (Å²) in [5.74, 6) is 1.46. The molecular formula is C25H36N8O. The molecule has 2 aromatic heterocycles. The highest BCUT2D eigenvalue weighted by Crippen LogP contribution is 2.23. The first kappa shape index (κ1) is 23.9. The molecule has 1 fully saturated rings. The SMILES string of the molecule is CC(C)N(CCNc1nc(Nc2ccccc2)nc2c1ncn2CCN1CCCC1=O)C(C)C. The number of para-hydroxylation sites is 1. The molecule has 4 rings (SSSR count). The molecule has 9 heteroatoms. The Labute approximate surface area is 201 Å². The molecule has 2 N–H and O–H groups in total. The van der Waals surface area contributed by atoms with Crippen molar-refractivity contribution in [2.24, 2.45) is 0 Å². The molecule has 0 bridgehead atoms. The summed E-state index contributed by atoms with van der Waals surface area (Å²) in [6.07, 6.45) is 3.39. The number of hydrogen-bond donors (Lipinski definition) is 2. The zero-order valence-corrected chi connectivity index (χ0v) is 20.7. The maximum Gasteiger partial charge on any atom is 0.231 e. The van der Waals surface area contributed by atoms with Gasteiger partial charge in [0.1, 0.15) is 0 Å². The van der Waals surface area contributed by atoms with Crippen molar-refractivity contribution in [3.8, 4) is 0 Å². The summed E-state index contributed by atoms with van der Waals surface area (Å²) in [5, 5.41) is 6.81. The predicted molar refractivity (Wildman–Crippen MR) is 136 cm³/mol. The van der Waals surface area contributed by atoms with Crippen LogP contribution < -0.4 is 10.6 Å². The number of amides is 1. The van der Waals surface area contributed by atoms with Crippen molar-refractivity contribution >= 4 is 34.5 Å². The van der Waals surface area contributed by atoms with E-state index in [0.717, 1.165) is 42.9 Å². The number of hydrogen-bond acceptors (Lipinski definition) is 7. The summed E-state index contributed by atoms with van der Waals surface area (Å²) in [4.78, 5) is 30.6. The number of aromatic nitrogens is 4. The highest BCUT2D eigenvalue weighted by Gasteiger charge is 2.21. The Balaban J connectivity index is 1.57. The van der Waals surface area contributed by atoms with E-state index in [1.54, 1.807) is 6.33 Å². The van der Waals surface area contributed by atoms with Crippen LogP contribution in [-0.2, 0) is 11.3 Å². The van der Waals surface area contributed by atoms with Crippen molar-refractivity contribution in [1.82, 2.24) is 29.3 Å². The molecular weight excluding hydrogens is 428 g/mol. The number of carbonyl (C=O) groups excluding carboxylic acids is 1. The molecule has 9 nitrogen and oxygen atoms in total. The number of nitrogens with zero attached hydrogens (tertiary/aromatic N) is 6. The third kappa shape index (κ3) is 5.64. The molecule has 1 aliphatic heterocycles. The third-order valence-corrected chi connectivity index (χ3v) is 6.27. The molecule has 34 heavy (non-hydrogen) atoms. The van der Waals surface area contributed by atoms with Crippen LogP contribution in [0.2, 0.25) is 0 Å². The minimum Gasteiger partial charge on any atom is -0.367 e. The smallest absolute Gasteiger partial charge is 0.231 e. The average Bonchev–Trinajstić information content (AvgIpc) is 3.41. The van der Waals surface area contributed by atoms with Crippen LogP contribution in [0.3, 0.4) is 0 Å². The van der Waals surface area contributed by atoms with E-state index in [0.29, 0.717) is 43.4 Å². The molecule has 0 radical (unpaired) electrons. The Bertz CT molecular complexity index is 1090. The lowest BCUT2D eigenvalue weighted by atomic mass is 10.2. The molecule has 0 aliphatic carbocycles. The summed E-state index contributed by atoms with van der Waals surface area (Å²) >= 11 is 0. The van der Waals surface area contributed by atoms with E-state index >= 15 is 0 Å². The van der Waals surface area contributed by atoms with Crippen LogP contribution in [0.15, 0.2) is 36.7 Å². The van der Waals surface area contributed by atoms with Crippen LogP contribution in [0.4, 0.5) is 17.5 Å². The van der Waals surface area contributed by atoms with Gasteiger partial charge in [0, 0.05) is 56.9 Å². The van der Waals surface area contributed by atoms with Crippen LogP contribution in [0, 0.1) is 0 Å². The molecule has 1 saturated heterocycles. The van der Waals surface area contributed by atoms with Crippen molar-refractivity contribution in [2.75, 3.05) is 36.8 Å². The lowest BCUT2D eigenvalue weighted by Crippen LogP contribution is -2.40. The van der Waals surface area contributed by atoms with Gasteiger partial charge in [-0.3, -0.25) is 9.69 Å². The third-order valence-electron chi connectivity index (χ3n) is 6.27. The van der Waals surface area contributed by atoms with Gasteiger partial charge < -0.3 is 20.1 Å². The van der Waals surface area contributed by atoms with Gasteiger partial charge >= 0.3 is 0 Å². The second kappa shape index (κ2) is 10.8. The van der Waals surface area contributed by atoms with Gasteiger partial charge in [0.2, 0.25) is 11.9 Å². The topological polar surface area (TPSA) is 91.2 Å². The summed E-state index contributed by atoms with van der Waals surface area (Å²) < 4.78 is 2.01. The van der Waals surface area contributed by atoms with Crippen LogP contribution in [0.5, 0.6) is 0 Å². The number of imidazole rings is 1. The van der Waals surface area contributed by atoms with E-state index in [9.17, 15) is 4.79 Å². The van der Waals surface area contributed by atoms with Crippen LogP contribution in [0.25, 0.3) is 11.2 Å². The number of carbonyl (C=O) groups is 1.